The van der Waals surface area contributed by atoms with Crippen LogP contribution in [-0.2, 0) is 11.3 Å². The van der Waals surface area contributed by atoms with Crippen LogP contribution >= 0.6 is 11.3 Å². The van der Waals surface area contributed by atoms with E-state index in [0.717, 1.165) is 47.3 Å². The SMILES string of the molecule is COc1cccc(-c2nc3sccn3c2C[NH+]2CCC(C(=O)[O-])CC2)c1. The number of hydrogen-bond acceptors (Lipinski definition) is 5. The van der Waals surface area contributed by atoms with Crippen molar-refractivity contribution in [2.75, 3.05) is 20.2 Å². The summed E-state index contributed by atoms with van der Waals surface area (Å²) in [4.78, 5) is 18.3. The zero-order chi connectivity index (χ0) is 18.1. The predicted octanol–water partition coefficient (Wildman–Crippen LogP) is 0.616. The topological polar surface area (TPSA) is 71.1 Å². The van der Waals surface area contributed by atoms with Gasteiger partial charge in [0.15, 0.2) is 4.96 Å². The largest absolute Gasteiger partial charge is 0.550 e. The van der Waals surface area contributed by atoms with Crippen molar-refractivity contribution in [3.05, 3.63) is 41.5 Å². The number of ether oxygens (including phenoxy) is 1. The molecule has 1 aliphatic rings. The molecule has 0 spiro atoms. The van der Waals surface area contributed by atoms with E-state index in [9.17, 15) is 9.90 Å². The van der Waals surface area contributed by atoms with E-state index < -0.39 is 5.97 Å². The van der Waals surface area contributed by atoms with Gasteiger partial charge in [-0.2, -0.15) is 0 Å². The highest BCUT2D eigenvalue weighted by Gasteiger charge is 2.26. The van der Waals surface area contributed by atoms with Crippen LogP contribution in [0, 0.1) is 5.92 Å². The number of imidazole rings is 1. The number of carboxylic acids is 1. The van der Waals surface area contributed by atoms with Crippen molar-refractivity contribution in [3.8, 4) is 17.0 Å². The minimum Gasteiger partial charge on any atom is -0.550 e. The Bertz CT molecular complexity index is 925. The van der Waals surface area contributed by atoms with Gasteiger partial charge in [-0.3, -0.25) is 4.40 Å². The van der Waals surface area contributed by atoms with Gasteiger partial charge in [0.05, 0.1) is 25.9 Å². The summed E-state index contributed by atoms with van der Waals surface area (Å²) in [6, 6.07) is 7.96. The summed E-state index contributed by atoms with van der Waals surface area (Å²) in [6.07, 6.45) is 3.41. The first-order valence-corrected chi connectivity index (χ1v) is 9.67. The second-order valence-electron chi connectivity index (χ2n) is 6.71. The number of methoxy groups -OCH3 is 1. The Labute approximate surface area is 155 Å². The fourth-order valence-corrected chi connectivity index (χ4v) is 4.41. The molecular weight excluding hydrogens is 350 g/mol. The molecule has 7 heteroatoms. The minimum atomic E-state index is -0.911. The number of aliphatic carboxylic acids is 1. The normalized spacial score (nSPS) is 20.3. The van der Waals surface area contributed by atoms with Crippen LogP contribution in [0.2, 0.25) is 0 Å². The zero-order valence-corrected chi connectivity index (χ0v) is 15.4. The molecular formula is C19H21N3O3S. The number of hydrogen-bond donors (Lipinski definition) is 1. The van der Waals surface area contributed by atoms with E-state index in [1.165, 1.54) is 4.90 Å². The van der Waals surface area contributed by atoms with Crippen LogP contribution in [0.1, 0.15) is 18.5 Å². The van der Waals surface area contributed by atoms with Gasteiger partial charge in [0, 0.05) is 41.9 Å². The second kappa shape index (κ2) is 7.09. The molecule has 26 heavy (non-hydrogen) atoms. The third kappa shape index (κ3) is 3.20. The van der Waals surface area contributed by atoms with Crippen LogP contribution in [0.15, 0.2) is 35.8 Å². The highest BCUT2D eigenvalue weighted by atomic mass is 32.1. The number of rotatable bonds is 5. The Hall–Kier alpha value is -2.38. The van der Waals surface area contributed by atoms with E-state index in [-0.39, 0.29) is 5.92 Å². The molecule has 1 aromatic carbocycles. The van der Waals surface area contributed by atoms with E-state index in [2.05, 4.69) is 16.7 Å². The summed E-state index contributed by atoms with van der Waals surface area (Å²) < 4.78 is 7.51. The number of carbonyl (C=O) groups excluding carboxylic acids is 1. The maximum Gasteiger partial charge on any atom is 0.194 e. The van der Waals surface area contributed by atoms with Crippen molar-refractivity contribution in [2.24, 2.45) is 5.92 Å². The lowest BCUT2D eigenvalue weighted by Crippen LogP contribution is -3.12. The van der Waals surface area contributed by atoms with Gasteiger partial charge >= 0.3 is 0 Å². The fraction of sp³-hybridized carbons (Fsp3) is 0.368. The zero-order valence-electron chi connectivity index (χ0n) is 14.6. The standard InChI is InChI=1S/C19H21N3O3S/c1-25-15-4-2-3-14(11-15)17-16(22-9-10-26-19(22)20-17)12-21-7-5-13(6-8-21)18(23)24/h2-4,9-11,13H,5-8,12H2,1H3,(H,23,24). The van der Waals surface area contributed by atoms with Gasteiger partial charge in [-0.15, -0.1) is 11.3 Å². The Balaban J connectivity index is 1.64. The summed E-state index contributed by atoms with van der Waals surface area (Å²) >= 11 is 1.62. The summed E-state index contributed by atoms with van der Waals surface area (Å²) in [5.74, 6) is -0.402. The first kappa shape index (κ1) is 17.1. The van der Waals surface area contributed by atoms with Crippen LogP contribution in [0.25, 0.3) is 16.2 Å². The van der Waals surface area contributed by atoms with E-state index in [1.54, 1.807) is 18.4 Å². The molecule has 0 radical (unpaired) electrons. The quantitative estimate of drug-likeness (QED) is 0.714. The molecule has 1 saturated heterocycles. The molecule has 1 N–H and O–H groups in total. The number of nitrogens with zero attached hydrogens (tertiary/aromatic N) is 2. The number of likely N-dealkylation sites (tertiary alicyclic amines) is 1. The Morgan fingerprint density at radius 2 is 2.23 bits per heavy atom. The molecule has 6 nitrogen and oxygen atoms in total. The summed E-state index contributed by atoms with van der Waals surface area (Å²) in [7, 11) is 1.66. The Kier molecular flexibility index (Phi) is 4.65. The number of piperidine rings is 1. The Morgan fingerprint density at radius 1 is 1.42 bits per heavy atom. The van der Waals surface area contributed by atoms with Crippen LogP contribution in [0.3, 0.4) is 0 Å². The molecule has 0 atom stereocenters. The van der Waals surface area contributed by atoms with Crippen molar-refractivity contribution < 1.29 is 19.5 Å². The molecule has 3 heterocycles. The highest BCUT2D eigenvalue weighted by molar-refractivity contribution is 7.15. The van der Waals surface area contributed by atoms with Gasteiger partial charge in [-0.25, -0.2) is 4.98 Å². The van der Waals surface area contributed by atoms with Gasteiger partial charge < -0.3 is 19.5 Å². The van der Waals surface area contributed by atoms with Crippen LogP contribution in [0.4, 0.5) is 0 Å². The van der Waals surface area contributed by atoms with Gasteiger partial charge in [-0.1, -0.05) is 12.1 Å². The first-order valence-electron chi connectivity index (χ1n) is 8.79. The van der Waals surface area contributed by atoms with Gasteiger partial charge in [0.25, 0.3) is 0 Å². The third-order valence-electron chi connectivity index (χ3n) is 5.15. The second-order valence-corrected chi connectivity index (χ2v) is 7.59. The molecule has 0 bridgehead atoms. The van der Waals surface area contributed by atoms with Gasteiger partial charge in [-0.05, 0) is 12.1 Å². The molecule has 2 aromatic heterocycles. The molecule has 1 aliphatic heterocycles. The number of quaternary nitrogens is 1. The summed E-state index contributed by atoms with van der Waals surface area (Å²) in [6.45, 7) is 2.51. The van der Waals surface area contributed by atoms with Crippen molar-refractivity contribution in [1.29, 1.82) is 0 Å². The Morgan fingerprint density at radius 3 is 2.96 bits per heavy atom. The van der Waals surface area contributed by atoms with E-state index in [0.29, 0.717) is 12.8 Å². The number of benzene rings is 1. The maximum atomic E-state index is 11.1. The average molecular weight is 371 g/mol. The minimum absolute atomic E-state index is 0.303. The van der Waals surface area contributed by atoms with E-state index >= 15 is 0 Å². The third-order valence-corrected chi connectivity index (χ3v) is 5.90. The van der Waals surface area contributed by atoms with E-state index in [1.807, 2.05) is 23.6 Å². The number of nitrogens with one attached hydrogen (secondary N) is 1. The average Bonchev–Trinajstić information content (AvgIpc) is 3.25. The number of fused-ring (bicyclic) bond motifs is 1. The molecule has 0 unspecified atom stereocenters. The lowest BCUT2D eigenvalue weighted by molar-refractivity contribution is -0.919. The monoisotopic (exact) mass is 371 g/mol. The number of aromatic nitrogens is 2. The smallest absolute Gasteiger partial charge is 0.194 e. The number of carboxylic acid groups (broad SMARTS) is 1. The van der Waals surface area contributed by atoms with Gasteiger partial charge in [0.1, 0.15) is 18.0 Å². The van der Waals surface area contributed by atoms with Crippen LogP contribution in [0.5, 0.6) is 5.75 Å². The molecule has 4 rings (SSSR count). The highest BCUT2D eigenvalue weighted by Crippen LogP contribution is 2.28. The predicted molar refractivity (Wildman–Crippen MR) is 97.2 cm³/mol. The fourth-order valence-electron chi connectivity index (χ4n) is 3.68. The first-order chi connectivity index (χ1) is 12.7. The van der Waals surface area contributed by atoms with Crippen molar-refractivity contribution in [1.82, 2.24) is 9.38 Å². The van der Waals surface area contributed by atoms with Gasteiger partial charge in [0.2, 0.25) is 0 Å². The molecule has 0 aliphatic carbocycles. The lowest BCUT2D eigenvalue weighted by Gasteiger charge is -2.29. The molecule has 136 valence electrons. The molecule has 3 aromatic rings. The summed E-state index contributed by atoms with van der Waals surface area (Å²) in [5, 5.41) is 13.1. The molecule has 1 fully saturated rings. The number of thiazole rings is 1. The summed E-state index contributed by atoms with van der Waals surface area (Å²) in [5.41, 5.74) is 3.18. The van der Waals surface area contributed by atoms with Crippen LogP contribution in [-0.4, -0.2) is 35.6 Å². The molecule has 0 saturated carbocycles. The van der Waals surface area contributed by atoms with Crippen molar-refractivity contribution >= 4 is 22.3 Å². The van der Waals surface area contributed by atoms with Crippen molar-refractivity contribution in [3.63, 3.8) is 0 Å². The maximum absolute atomic E-state index is 11.1. The van der Waals surface area contributed by atoms with E-state index in [4.69, 9.17) is 9.72 Å². The molecule has 0 amide bonds. The van der Waals surface area contributed by atoms with Crippen LogP contribution < -0.4 is 14.7 Å². The van der Waals surface area contributed by atoms with Crippen molar-refractivity contribution in [2.45, 2.75) is 19.4 Å². The number of carbonyl (C=O) groups is 1. The lowest BCUT2D eigenvalue weighted by atomic mass is 9.97.